The number of piperazine rings is 1. The quantitative estimate of drug-likeness (QED) is 0.918. The van der Waals surface area contributed by atoms with E-state index in [4.69, 9.17) is 17.3 Å². The molecule has 0 aliphatic carbocycles. The van der Waals surface area contributed by atoms with Gasteiger partial charge in [0.1, 0.15) is 0 Å². The predicted molar refractivity (Wildman–Crippen MR) is 99.3 cm³/mol. The van der Waals surface area contributed by atoms with E-state index in [0.29, 0.717) is 29.2 Å². The minimum atomic E-state index is -0.532. The first-order valence-corrected chi connectivity index (χ1v) is 8.54. The molecule has 1 fully saturated rings. The van der Waals surface area contributed by atoms with Gasteiger partial charge in [0.05, 0.1) is 0 Å². The van der Waals surface area contributed by atoms with Gasteiger partial charge in [0.15, 0.2) is 0 Å². The number of aryl methyl sites for hydroxylation is 1. The molecule has 2 amide bonds. The van der Waals surface area contributed by atoms with Crippen molar-refractivity contribution in [3.8, 4) is 0 Å². The first kappa shape index (κ1) is 17.3. The number of hydrogen-bond donors (Lipinski definition) is 1. The average molecular weight is 358 g/mol. The van der Waals surface area contributed by atoms with Crippen molar-refractivity contribution >= 4 is 29.1 Å². The zero-order valence-corrected chi connectivity index (χ0v) is 14.8. The van der Waals surface area contributed by atoms with Gasteiger partial charge >= 0.3 is 0 Å². The molecule has 0 aromatic heterocycles. The summed E-state index contributed by atoms with van der Waals surface area (Å²) in [5.41, 5.74) is 8.40. The fraction of sp³-hybridized carbons (Fsp3) is 0.263. The fourth-order valence-corrected chi connectivity index (χ4v) is 3.23. The molecule has 0 spiro atoms. The lowest BCUT2D eigenvalue weighted by Gasteiger charge is -2.37. The lowest BCUT2D eigenvalue weighted by atomic mass is 10.1. The summed E-state index contributed by atoms with van der Waals surface area (Å²) in [6.07, 6.45) is 0. The summed E-state index contributed by atoms with van der Waals surface area (Å²) in [4.78, 5) is 28.0. The fourth-order valence-electron chi connectivity index (χ4n) is 3.06. The Balaban J connectivity index is 1.70. The zero-order chi connectivity index (χ0) is 18.0. The van der Waals surface area contributed by atoms with Crippen LogP contribution < -0.4 is 10.6 Å². The highest BCUT2D eigenvalue weighted by Gasteiger charge is 2.23. The Labute approximate surface area is 152 Å². The van der Waals surface area contributed by atoms with Gasteiger partial charge < -0.3 is 15.5 Å². The van der Waals surface area contributed by atoms with Crippen molar-refractivity contribution in [3.05, 3.63) is 64.2 Å². The third-order valence-electron chi connectivity index (χ3n) is 4.47. The number of halogens is 1. The van der Waals surface area contributed by atoms with E-state index in [1.54, 1.807) is 29.2 Å². The molecule has 0 saturated carbocycles. The Morgan fingerprint density at radius 1 is 1.00 bits per heavy atom. The van der Waals surface area contributed by atoms with Crippen molar-refractivity contribution in [3.63, 3.8) is 0 Å². The maximum atomic E-state index is 12.7. The number of hydrogen-bond acceptors (Lipinski definition) is 3. The van der Waals surface area contributed by atoms with Crippen molar-refractivity contribution in [2.24, 2.45) is 5.73 Å². The Bertz CT molecular complexity index is 814. The van der Waals surface area contributed by atoms with Gasteiger partial charge in [-0.25, -0.2) is 0 Å². The number of carbonyl (C=O) groups is 2. The molecule has 1 saturated heterocycles. The minimum absolute atomic E-state index is 0.0782. The molecule has 2 aromatic rings. The van der Waals surface area contributed by atoms with Crippen molar-refractivity contribution in [1.29, 1.82) is 0 Å². The SMILES string of the molecule is Cc1ccc(Cl)cc1N1CCN(C(=O)c2cccc(C(N)=O)c2)CC1. The Kier molecular flexibility index (Phi) is 4.95. The second-order valence-electron chi connectivity index (χ2n) is 6.16. The van der Waals surface area contributed by atoms with Crippen LogP contribution >= 0.6 is 11.6 Å². The van der Waals surface area contributed by atoms with Crippen LogP contribution in [0.3, 0.4) is 0 Å². The van der Waals surface area contributed by atoms with Crippen LogP contribution in [0.4, 0.5) is 5.69 Å². The van der Waals surface area contributed by atoms with E-state index in [0.717, 1.165) is 18.8 Å². The lowest BCUT2D eigenvalue weighted by Crippen LogP contribution is -2.49. The Morgan fingerprint density at radius 3 is 2.36 bits per heavy atom. The predicted octanol–water partition coefficient (Wildman–Crippen LogP) is 2.71. The number of rotatable bonds is 3. The molecule has 6 heteroatoms. The second-order valence-corrected chi connectivity index (χ2v) is 6.59. The Hall–Kier alpha value is -2.53. The van der Waals surface area contributed by atoms with E-state index < -0.39 is 5.91 Å². The summed E-state index contributed by atoms with van der Waals surface area (Å²) in [5, 5.41) is 0.711. The molecule has 2 N–H and O–H groups in total. The average Bonchev–Trinajstić information content (AvgIpc) is 2.63. The van der Waals surface area contributed by atoms with Crippen LogP contribution in [0.25, 0.3) is 0 Å². The van der Waals surface area contributed by atoms with Crippen LogP contribution in [0, 0.1) is 6.92 Å². The van der Waals surface area contributed by atoms with Gasteiger partial charge in [-0.05, 0) is 42.8 Å². The van der Waals surface area contributed by atoms with E-state index in [2.05, 4.69) is 11.8 Å². The summed E-state index contributed by atoms with van der Waals surface area (Å²) in [6.45, 7) is 4.76. The number of benzene rings is 2. The largest absolute Gasteiger partial charge is 0.368 e. The van der Waals surface area contributed by atoms with Gasteiger partial charge in [-0.1, -0.05) is 23.7 Å². The van der Waals surface area contributed by atoms with Gasteiger partial charge in [-0.3, -0.25) is 9.59 Å². The third-order valence-corrected chi connectivity index (χ3v) is 4.71. The van der Waals surface area contributed by atoms with E-state index in [-0.39, 0.29) is 5.91 Å². The third kappa shape index (κ3) is 3.77. The molecular formula is C19H20ClN3O2. The van der Waals surface area contributed by atoms with E-state index in [1.807, 2.05) is 18.2 Å². The van der Waals surface area contributed by atoms with Gasteiger partial charge in [0.25, 0.3) is 5.91 Å². The molecule has 5 nitrogen and oxygen atoms in total. The van der Waals surface area contributed by atoms with Crippen LogP contribution in [0.5, 0.6) is 0 Å². The monoisotopic (exact) mass is 357 g/mol. The van der Waals surface area contributed by atoms with Crippen molar-refractivity contribution < 1.29 is 9.59 Å². The molecule has 1 heterocycles. The lowest BCUT2D eigenvalue weighted by molar-refractivity contribution is 0.0747. The van der Waals surface area contributed by atoms with Crippen LogP contribution in [0.2, 0.25) is 5.02 Å². The highest BCUT2D eigenvalue weighted by molar-refractivity contribution is 6.30. The number of anilines is 1. The van der Waals surface area contributed by atoms with Gasteiger partial charge in [-0.2, -0.15) is 0 Å². The van der Waals surface area contributed by atoms with Gasteiger partial charge in [0.2, 0.25) is 5.91 Å². The maximum Gasteiger partial charge on any atom is 0.253 e. The molecule has 25 heavy (non-hydrogen) atoms. The van der Waals surface area contributed by atoms with Gasteiger partial charge in [-0.15, -0.1) is 0 Å². The number of nitrogens with zero attached hydrogens (tertiary/aromatic N) is 2. The van der Waals surface area contributed by atoms with Crippen LogP contribution in [0.1, 0.15) is 26.3 Å². The number of carbonyl (C=O) groups excluding carboxylic acids is 2. The van der Waals surface area contributed by atoms with E-state index >= 15 is 0 Å². The van der Waals surface area contributed by atoms with Crippen molar-refractivity contribution in [1.82, 2.24) is 4.90 Å². The minimum Gasteiger partial charge on any atom is -0.368 e. The second kappa shape index (κ2) is 7.15. The Morgan fingerprint density at radius 2 is 1.68 bits per heavy atom. The highest BCUT2D eigenvalue weighted by atomic mass is 35.5. The standard InChI is InChI=1S/C19H20ClN3O2/c1-13-5-6-16(20)12-17(13)22-7-9-23(10-8-22)19(25)15-4-2-3-14(11-15)18(21)24/h2-6,11-12H,7-10H2,1H3,(H2,21,24). The molecule has 3 rings (SSSR count). The van der Waals surface area contributed by atoms with Crippen LogP contribution in [0.15, 0.2) is 42.5 Å². The first-order valence-electron chi connectivity index (χ1n) is 8.16. The molecule has 1 aliphatic rings. The zero-order valence-electron chi connectivity index (χ0n) is 14.0. The summed E-state index contributed by atoms with van der Waals surface area (Å²) < 4.78 is 0. The summed E-state index contributed by atoms with van der Waals surface area (Å²) in [6, 6.07) is 12.4. The summed E-state index contributed by atoms with van der Waals surface area (Å²) in [5.74, 6) is -0.610. The highest BCUT2D eigenvalue weighted by Crippen LogP contribution is 2.25. The molecule has 0 unspecified atom stereocenters. The smallest absolute Gasteiger partial charge is 0.253 e. The number of nitrogens with two attached hydrogens (primary N) is 1. The summed E-state index contributed by atoms with van der Waals surface area (Å²) >= 11 is 6.11. The van der Waals surface area contributed by atoms with Crippen LogP contribution in [-0.2, 0) is 0 Å². The molecule has 1 aliphatic heterocycles. The molecule has 0 bridgehead atoms. The maximum absolute atomic E-state index is 12.7. The van der Waals surface area contributed by atoms with Crippen LogP contribution in [-0.4, -0.2) is 42.9 Å². The summed E-state index contributed by atoms with van der Waals surface area (Å²) in [7, 11) is 0. The van der Waals surface area contributed by atoms with E-state index in [9.17, 15) is 9.59 Å². The first-order chi connectivity index (χ1) is 12.0. The van der Waals surface area contributed by atoms with E-state index in [1.165, 1.54) is 5.56 Å². The molecule has 2 aromatic carbocycles. The van der Waals surface area contributed by atoms with Gasteiger partial charge in [0, 0.05) is 48.0 Å². The topological polar surface area (TPSA) is 66.6 Å². The molecule has 0 radical (unpaired) electrons. The number of amides is 2. The molecule has 0 atom stereocenters. The molecule has 130 valence electrons. The van der Waals surface area contributed by atoms with Crippen molar-refractivity contribution in [2.45, 2.75) is 6.92 Å². The molecular weight excluding hydrogens is 338 g/mol. The number of primary amides is 1. The van der Waals surface area contributed by atoms with Crippen molar-refractivity contribution in [2.75, 3.05) is 31.1 Å². The normalized spacial score (nSPS) is 14.5.